The standard InChI is InChI=1S/C19H16ClNO/c20-14-8-5-13(6-9-14)17-11-18(21)22-19-15-4-2-1-3-12(15)7-10-16(17)19/h1-6,8-9,17,21H,7,10-11H2. The largest absolute Gasteiger partial charge is 0.443 e. The van der Waals surface area contributed by atoms with E-state index in [-0.39, 0.29) is 5.92 Å². The number of rotatable bonds is 1. The van der Waals surface area contributed by atoms with Gasteiger partial charge < -0.3 is 4.74 Å². The lowest BCUT2D eigenvalue weighted by Crippen LogP contribution is -2.23. The third-order valence-electron chi connectivity index (χ3n) is 4.53. The van der Waals surface area contributed by atoms with Crippen molar-refractivity contribution >= 4 is 23.3 Å². The number of aryl methyl sites for hydroxylation is 1. The van der Waals surface area contributed by atoms with Gasteiger partial charge in [-0.3, -0.25) is 5.41 Å². The van der Waals surface area contributed by atoms with Crippen LogP contribution in [0.5, 0.6) is 0 Å². The maximum Gasteiger partial charge on any atom is 0.188 e. The van der Waals surface area contributed by atoms with Crippen LogP contribution in [0.3, 0.4) is 0 Å². The van der Waals surface area contributed by atoms with Crippen LogP contribution in [0.15, 0.2) is 54.1 Å². The summed E-state index contributed by atoms with van der Waals surface area (Å²) in [5.74, 6) is 1.47. The first-order valence-electron chi connectivity index (χ1n) is 7.54. The highest BCUT2D eigenvalue weighted by atomic mass is 35.5. The molecule has 2 aliphatic rings. The predicted molar refractivity (Wildman–Crippen MR) is 89.3 cm³/mol. The number of halogens is 1. The van der Waals surface area contributed by atoms with Crippen LogP contribution in [-0.4, -0.2) is 5.90 Å². The molecule has 0 spiro atoms. The zero-order valence-corrected chi connectivity index (χ0v) is 12.9. The third kappa shape index (κ3) is 2.24. The molecule has 3 heteroatoms. The zero-order chi connectivity index (χ0) is 15.1. The minimum atomic E-state index is 0.224. The lowest BCUT2D eigenvalue weighted by molar-refractivity contribution is 0.438. The molecule has 1 unspecified atom stereocenters. The topological polar surface area (TPSA) is 33.1 Å². The normalized spacial score (nSPS) is 20.2. The molecule has 110 valence electrons. The second kappa shape index (κ2) is 5.29. The first-order chi connectivity index (χ1) is 10.7. The van der Waals surface area contributed by atoms with Crippen molar-refractivity contribution in [2.24, 2.45) is 0 Å². The molecule has 1 atom stereocenters. The smallest absolute Gasteiger partial charge is 0.188 e. The number of fused-ring (bicyclic) bond motifs is 2. The van der Waals surface area contributed by atoms with Crippen molar-refractivity contribution in [3.05, 3.63) is 75.8 Å². The van der Waals surface area contributed by atoms with Crippen LogP contribution in [-0.2, 0) is 11.2 Å². The zero-order valence-electron chi connectivity index (χ0n) is 12.1. The molecule has 0 saturated carbocycles. The van der Waals surface area contributed by atoms with Crippen molar-refractivity contribution in [3.8, 4) is 0 Å². The minimum absolute atomic E-state index is 0.224. The maximum absolute atomic E-state index is 8.09. The van der Waals surface area contributed by atoms with Crippen LogP contribution in [0.25, 0.3) is 5.76 Å². The Balaban J connectivity index is 1.84. The van der Waals surface area contributed by atoms with Crippen LogP contribution in [0.2, 0.25) is 5.02 Å². The van der Waals surface area contributed by atoms with Crippen LogP contribution in [0.4, 0.5) is 0 Å². The molecule has 0 radical (unpaired) electrons. The van der Waals surface area contributed by atoms with E-state index in [1.165, 1.54) is 16.7 Å². The second-order valence-electron chi connectivity index (χ2n) is 5.85. The Morgan fingerprint density at radius 2 is 1.77 bits per heavy atom. The Morgan fingerprint density at radius 1 is 1.00 bits per heavy atom. The molecule has 0 aromatic heterocycles. The quantitative estimate of drug-likeness (QED) is 0.773. The molecular formula is C19H16ClNO. The SMILES string of the molecule is N=C1CC(c2ccc(Cl)cc2)C2=C(O1)c1ccccc1CC2. The van der Waals surface area contributed by atoms with Gasteiger partial charge in [-0.25, -0.2) is 0 Å². The number of ether oxygens (including phenoxy) is 1. The lowest BCUT2D eigenvalue weighted by atomic mass is 9.78. The summed E-state index contributed by atoms with van der Waals surface area (Å²) in [6, 6.07) is 16.3. The highest BCUT2D eigenvalue weighted by Crippen LogP contribution is 2.44. The molecule has 4 rings (SSSR count). The first-order valence-corrected chi connectivity index (χ1v) is 7.92. The molecule has 2 aromatic rings. The van der Waals surface area contributed by atoms with Crippen molar-refractivity contribution in [2.45, 2.75) is 25.2 Å². The van der Waals surface area contributed by atoms with Crippen LogP contribution in [0.1, 0.15) is 35.4 Å². The van der Waals surface area contributed by atoms with Crippen molar-refractivity contribution in [1.82, 2.24) is 0 Å². The molecule has 2 aromatic carbocycles. The molecule has 0 saturated heterocycles. The highest BCUT2D eigenvalue weighted by Gasteiger charge is 2.32. The van der Waals surface area contributed by atoms with E-state index in [1.807, 2.05) is 18.2 Å². The van der Waals surface area contributed by atoms with Crippen molar-refractivity contribution in [3.63, 3.8) is 0 Å². The summed E-state index contributed by atoms with van der Waals surface area (Å²) in [7, 11) is 0. The van der Waals surface area contributed by atoms with Gasteiger partial charge in [0, 0.05) is 22.9 Å². The Labute approximate surface area is 134 Å². The van der Waals surface area contributed by atoms with Crippen LogP contribution < -0.4 is 0 Å². The van der Waals surface area contributed by atoms with Gasteiger partial charge in [0.15, 0.2) is 5.90 Å². The minimum Gasteiger partial charge on any atom is -0.443 e. The van der Waals surface area contributed by atoms with E-state index < -0.39 is 0 Å². The molecule has 1 aliphatic heterocycles. The second-order valence-corrected chi connectivity index (χ2v) is 6.28. The molecule has 0 amide bonds. The average Bonchev–Trinajstić information content (AvgIpc) is 2.55. The number of hydrogen-bond acceptors (Lipinski definition) is 2. The maximum atomic E-state index is 8.09. The third-order valence-corrected chi connectivity index (χ3v) is 4.78. The van der Waals surface area contributed by atoms with Gasteiger partial charge in [0.25, 0.3) is 0 Å². The van der Waals surface area contributed by atoms with E-state index in [0.29, 0.717) is 12.3 Å². The molecule has 22 heavy (non-hydrogen) atoms. The molecule has 0 fully saturated rings. The Morgan fingerprint density at radius 3 is 2.59 bits per heavy atom. The van der Waals surface area contributed by atoms with E-state index in [2.05, 4.69) is 30.3 Å². The first kappa shape index (κ1) is 13.6. The monoisotopic (exact) mass is 309 g/mol. The van der Waals surface area contributed by atoms with Gasteiger partial charge in [-0.15, -0.1) is 0 Å². The highest BCUT2D eigenvalue weighted by molar-refractivity contribution is 6.30. The van der Waals surface area contributed by atoms with E-state index in [4.69, 9.17) is 21.7 Å². The van der Waals surface area contributed by atoms with Crippen molar-refractivity contribution in [1.29, 1.82) is 5.41 Å². The van der Waals surface area contributed by atoms with E-state index >= 15 is 0 Å². The number of allylic oxidation sites excluding steroid dienone is 1. The summed E-state index contributed by atoms with van der Waals surface area (Å²) < 4.78 is 5.83. The fourth-order valence-electron chi connectivity index (χ4n) is 3.46. The molecule has 1 heterocycles. The van der Waals surface area contributed by atoms with Gasteiger partial charge in [0.05, 0.1) is 0 Å². The van der Waals surface area contributed by atoms with Gasteiger partial charge >= 0.3 is 0 Å². The van der Waals surface area contributed by atoms with Gasteiger partial charge in [0.2, 0.25) is 0 Å². The molecule has 1 N–H and O–H groups in total. The lowest BCUT2D eigenvalue weighted by Gasteiger charge is -2.33. The Kier molecular flexibility index (Phi) is 3.27. The molecule has 0 bridgehead atoms. The number of benzene rings is 2. The van der Waals surface area contributed by atoms with E-state index in [1.54, 1.807) is 0 Å². The summed E-state index contributed by atoms with van der Waals surface area (Å²) in [6.07, 6.45) is 2.66. The molecule has 1 aliphatic carbocycles. The fourth-order valence-corrected chi connectivity index (χ4v) is 3.58. The molecular weight excluding hydrogens is 294 g/mol. The van der Waals surface area contributed by atoms with Gasteiger partial charge in [-0.2, -0.15) is 0 Å². The van der Waals surface area contributed by atoms with E-state index in [9.17, 15) is 0 Å². The summed E-state index contributed by atoms with van der Waals surface area (Å²) in [6.45, 7) is 0. The van der Waals surface area contributed by atoms with Gasteiger partial charge in [-0.05, 0) is 41.7 Å². The van der Waals surface area contributed by atoms with Crippen LogP contribution in [0, 0.1) is 5.41 Å². The fraction of sp³-hybridized carbons (Fsp3) is 0.211. The summed E-state index contributed by atoms with van der Waals surface area (Å²) >= 11 is 6.00. The van der Waals surface area contributed by atoms with Crippen LogP contribution >= 0.6 is 11.6 Å². The van der Waals surface area contributed by atoms with Gasteiger partial charge in [0.1, 0.15) is 5.76 Å². The number of nitrogens with one attached hydrogen (secondary N) is 1. The summed E-state index contributed by atoms with van der Waals surface area (Å²) in [5, 5.41) is 8.84. The Hall–Kier alpha value is -2.06. The summed E-state index contributed by atoms with van der Waals surface area (Å²) in [5.41, 5.74) is 4.99. The van der Waals surface area contributed by atoms with Gasteiger partial charge in [-0.1, -0.05) is 48.0 Å². The van der Waals surface area contributed by atoms with E-state index in [0.717, 1.165) is 29.2 Å². The van der Waals surface area contributed by atoms with Crippen molar-refractivity contribution in [2.75, 3.05) is 0 Å². The van der Waals surface area contributed by atoms with Crippen molar-refractivity contribution < 1.29 is 4.74 Å². The number of hydrogen-bond donors (Lipinski definition) is 1. The summed E-state index contributed by atoms with van der Waals surface area (Å²) in [4.78, 5) is 0. The predicted octanol–water partition coefficient (Wildman–Crippen LogP) is 5.18. The Bertz CT molecular complexity index is 776. The molecule has 2 nitrogen and oxygen atoms in total. The average molecular weight is 310 g/mol.